The van der Waals surface area contributed by atoms with E-state index in [9.17, 15) is 0 Å². The minimum absolute atomic E-state index is 0.0359. The van der Waals surface area contributed by atoms with Crippen molar-refractivity contribution in [2.75, 3.05) is 0 Å². The Hall–Kier alpha value is -0.0400. The summed E-state index contributed by atoms with van der Waals surface area (Å²) in [5, 5.41) is 8.93. The third-order valence-electron chi connectivity index (χ3n) is 2.02. The van der Waals surface area contributed by atoms with E-state index in [1.807, 2.05) is 0 Å². The Bertz CT molecular complexity index is 82.6. The van der Waals surface area contributed by atoms with Crippen molar-refractivity contribution in [3.63, 3.8) is 0 Å². The van der Waals surface area contributed by atoms with Crippen LogP contribution in [-0.4, -0.2) is 11.2 Å². The summed E-state index contributed by atoms with van der Waals surface area (Å²) >= 11 is 0. The maximum Gasteiger partial charge on any atom is 0.0545 e. The molecule has 1 fully saturated rings. The normalized spacial score (nSPS) is 34.7. The van der Waals surface area contributed by atoms with Gasteiger partial charge in [0.1, 0.15) is 0 Å². The Morgan fingerprint density at radius 2 is 2.00 bits per heavy atom. The number of aliphatic hydroxyl groups excluding tert-OH is 1. The standard InChI is InChI=1S/C8H16O/c1-6(2)3-7-4-8(9)5-7/h6-9H,3-5H2,1-2H3/t7-,8+. The van der Waals surface area contributed by atoms with E-state index in [-0.39, 0.29) is 6.10 Å². The van der Waals surface area contributed by atoms with Crippen molar-refractivity contribution in [2.45, 2.75) is 39.2 Å². The highest BCUT2D eigenvalue weighted by Gasteiger charge is 2.26. The zero-order valence-electron chi connectivity index (χ0n) is 6.30. The van der Waals surface area contributed by atoms with Crippen molar-refractivity contribution in [1.29, 1.82) is 0 Å². The van der Waals surface area contributed by atoms with Gasteiger partial charge < -0.3 is 5.11 Å². The summed E-state index contributed by atoms with van der Waals surface area (Å²) in [6, 6.07) is 0. The molecule has 1 rings (SSSR count). The Balaban J connectivity index is 2.04. The smallest absolute Gasteiger partial charge is 0.0545 e. The third kappa shape index (κ3) is 1.98. The minimum Gasteiger partial charge on any atom is -0.393 e. The second kappa shape index (κ2) is 2.70. The van der Waals surface area contributed by atoms with Gasteiger partial charge in [-0.1, -0.05) is 13.8 Å². The molecule has 0 amide bonds. The first kappa shape index (κ1) is 7.07. The van der Waals surface area contributed by atoms with E-state index in [2.05, 4.69) is 13.8 Å². The van der Waals surface area contributed by atoms with E-state index in [0.29, 0.717) is 0 Å². The molecule has 1 aliphatic carbocycles. The molecular formula is C8H16O. The molecular weight excluding hydrogens is 112 g/mol. The molecule has 1 N–H and O–H groups in total. The predicted molar refractivity (Wildman–Crippen MR) is 38.2 cm³/mol. The molecule has 54 valence electrons. The Kier molecular flexibility index (Phi) is 2.12. The van der Waals surface area contributed by atoms with Gasteiger partial charge in [-0.15, -0.1) is 0 Å². The summed E-state index contributed by atoms with van der Waals surface area (Å²) in [7, 11) is 0. The van der Waals surface area contributed by atoms with E-state index < -0.39 is 0 Å². The van der Waals surface area contributed by atoms with E-state index in [4.69, 9.17) is 5.11 Å². The van der Waals surface area contributed by atoms with E-state index in [1.54, 1.807) is 0 Å². The first-order valence-corrected chi connectivity index (χ1v) is 3.86. The highest BCUT2D eigenvalue weighted by molar-refractivity contribution is 4.78. The lowest BCUT2D eigenvalue weighted by Crippen LogP contribution is -2.29. The van der Waals surface area contributed by atoms with Crippen LogP contribution in [0, 0.1) is 11.8 Å². The van der Waals surface area contributed by atoms with Gasteiger partial charge in [0.2, 0.25) is 0 Å². The zero-order chi connectivity index (χ0) is 6.85. The molecule has 0 aromatic heterocycles. The zero-order valence-corrected chi connectivity index (χ0v) is 6.30. The molecule has 1 saturated carbocycles. The van der Waals surface area contributed by atoms with Gasteiger partial charge in [0.25, 0.3) is 0 Å². The average molecular weight is 128 g/mol. The fraction of sp³-hybridized carbons (Fsp3) is 1.00. The van der Waals surface area contributed by atoms with Crippen LogP contribution >= 0.6 is 0 Å². The van der Waals surface area contributed by atoms with Gasteiger partial charge in [0.15, 0.2) is 0 Å². The van der Waals surface area contributed by atoms with E-state index >= 15 is 0 Å². The van der Waals surface area contributed by atoms with Crippen LogP contribution in [0.3, 0.4) is 0 Å². The van der Waals surface area contributed by atoms with E-state index in [1.165, 1.54) is 6.42 Å². The number of aliphatic hydroxyl groups is 1. The van der Waals surface area contributed by atoms with Gasteiger partial charge in [0, 0.05) is 0 Å². The Labute approximate surface area is 57.1 Å². The van der Waals surface area contributed by atoms with Crippen molar-refractivity contribution in [2.24, 2.45) is 11.8 Å². The molecule has 0 spiro atoms. The molecule has 9 heavy (non-hydrogen) atoms. The third-order valence-corrected chi connectivity index (χ3v) is 2.02. The van der Waals surface area contributed by atoms with Crippen LogP contribution in [0.25, 0.3) is 0 Å². The van der Waals surface area contributed by atoms with Gasteiger partial charge >= 0.3 is 0 Å². The lowest BCUT2D eigenvalue weighted by atomic mass is 9.77. The van der Waals surface area contributed by atoms with Gasteiger partial charge in [-0.2, -0.15) is 0 Å². The summed E-state index contributed by atoms with van der Waals surface area (Å²) in [6.07, 6.45) is 3.45. The Morgan fingerprint density at radius 1 is 1.44 bits per heavy atom. The molecule has 1 nitrogen and oxygen atoms in total. The molecule has 0 aliphatic heterocycles. The second-order valence-electron chi connectivity index (χ2n) is 3.62. The molecule has 0 aromatic rings. The van der Waals surface area contributed by atoms with Gasteiger partial charge in [-0.25, -0.2) is 0 Å². The van der Waals surface area contributed by atoms with Crippen LogP contribution in [0.4, 0.5) is 0 Å². The molecule has 0 unspecified atom stereocenters. The van der Waals surface area contributed by atoms with Crippen LogP contribution in [0.2, 0.25) is 0 Å². The van der Waals surface area contributed by atoms with Crippen molar-refractivity contribution < 1.29 is 5.11 Å². The van der Waals surface area contributed by atoms with E-state index in [0.717, 1.165) is 24.7 Å². The van der Waals surface area contributed by atoms with Gasteiger partial charge in [0.05, 0.1) is 6.10 Å². The van der Waals surface area contributed by atoms with Crippen molar-refractivity contribution in [1.82, 2.24) is 0 Å². The SMILES string of the molecule is CC(C)C[C@H]1C[C@@H](O)C1. The minimum atomic E-state index is 0.0359. The monoisotopic (exact) mass is 128 g/mol. The number of rotatable bonds is 2. The molecule has 0 bridgehead atoms. The molecule has 0 aromatic carbocycles. The lowest BCUT2D eigenvalue weighted by Gasteiger charge is -2.32. The highest BCUT2D eigenvalue weighted by atomic mass is 16.3. The number of hydrogen-bond acceptors (Lipinski definition) is 1. The van der Waals surface area contributed by atoms with Crippen molar-refractivity contribution >= 4 is 0 Å². The molecule has 0 radical (unpaired) electrons. The quantitative estimate of drug-likeness (QED) is 0.601. The van der Waals surface area contributed by atoms with Crippen LogP contribution in [0.1, 0.15) is 33.1 Å². The summed E-state index contributed by atoms with van der Waals surface area (Å²) < 4.78 is 0. The fourth-order valence-corrected chi connectivity index (χ4v) is 1.56. The summed E-state index contributed by atoms with van der Waals surface area (Å²) in [4.78, 5) is 0. The molecule has 1 aliphatic rings. The van der Waals surface area contributed by atoms with Crippen molar-refractivity contribution in [3.8, 4) is 0 Å². The summed E-state index contributed by atoms with van der Waals surface area (Å²) in [6.45, 7) is 4.48. The topological polar surface area (TPSA) is 20.2 Å². The van der Waals surface area contributed by atoms with Crippen molar-refractivity contribution in [3.05, 3.63) is 0 Å². The largest absolute Gasteiger partial charge is 0.393 e. The first-order chi connectivity index (χ1) is 4.18. The average Bonchev–Trinajstić information content (AvgIpc) is 1.60. The van der Waals surface area contributed by atoms with Crippen LogP contribution in [0.15, 0.2) is 0 Å². The highest BCUT2D eigenvalue weighted by Crippen LogP contribution is 2.32. The number of hydrogen-bond donors (Lipinski definition) is 1. The molecule has 0 heterocycles. The molecule has 0 saturated heterocycles. The summed E-state index contributed by atoms with van der Waals surface area (Å²) in [5.74, 6) is 1.64. The lowest BCUT2D eigenvalue weighted by molar-refractivity contribution is 0.0338. The van der Waals surface area contributed by atoms with Gasteiger partial charge in [-0.05, 0) is 31.1 Å². The van der Waals surface area contributed by atoms with Gasteiger partial charge in [-0.3, -0.25) is 0 Å². The molecule has 1 heteroatoms. The van der Waals surface area contributed by atoms with Crippen LogP contribution < -0.4 is 0 Å². The maximum absolute atomic E-state index is 8.93. The Morgan fingerprint density at radius 3 is 2.33 bits per heavy atom. The second-order valence-corrected chi connectivity index (χ2v) is 3.62. The van der Waals surface area contributed by atoms with Crippen LogP contribution in [-0.2, 0) is 0 Å². The maximum atomic E-state index is 8.93. The first-order valence-electron chi connectivity index (χ1n) is 3.86. The van der Waals surface area contributed by atoms with Crippen LogP contribution in [0.5, 0.6) is 0 Å². The molecule has 0 atom stereocenters. The fourth-order valence-electron chi connectivity index (χ4n) is 1.56. The predicted octanol–water partition coefficient (Wildman–Crippen LogP) is 1.80. The summed E-state index contributed by atoms with van der Waals surface area (Å²) in [5.41, 5.74) is 0.